The van der Waals surface area contributed by atoms with Crippen molar-refractivity contribution >= 4 is 33.0 Å². The molecule has 27 heavy (non-hydrogen) atoms. The van der Waals surface area contributed by atoms with Crippen molar-refractivity contribution in [1.29, 1.82) is 0 Å². The van der Waals surface area contributed by atoms with Gasteiger partial charge in [-0.25, -0.2) is 0 Å². The third-order valence-electron chi connectivity index (χ3n) is 4.64. The minimum Gasteiger partial charge on any atom is -0.369 e. The molecule has 0 spiro atoms. The molecule has 0 radical (unpaired) electrons. The van der Waals surface area contributed by atoms with Gasteiger partial charge in [-0.1, -0.05) is 0 Å². The van der Waals surface area contributed by atoms with Crippen LogP contribution in [0.1, 0.15) is 0 Å². The summed E-state index contributed by atoms with van der Waals surface area (Å²) < 4.78 is 27.4. The largest absolute Gasteiger partial charge is 0.369 e. The molecular formula is C19H27N5O2S. The summed E-state index contributed by atoms with van der Waals surface area (Å²) in [5.41, 5.74) is 3.66. The predicted molar refractivity (Wildman–Crippen MR) is 112 cm³/mol. The van der Waals surface area contributed by atoms with Crippen molar-refractivity contribution in [3.63, 3.8) is 0 Å². The van der Waals surface area contributed by atoms with Crippen LogP contribution in [0.3, 0.4) is 0 Å². The van der Waals surface area contributed by atoms with Crippen LogP contribution in [-0.2, 0) is 10.2 Å². The van der Waals surface area contributed by atoms with Crippen molar-refractivity contribution < 1.29 is 8.42 Å². The monoisotopic (exact) mass is 389 g/mol. The van der Waals surface area contributed by atoms with E-state index in [9.17, 15) is 8.42 Å². The molecule has 1 fully saturated rings. The van der Waals surface area contributed by atoms with Gasteiger partial charge in [0.05, 0.1) is 0 Å². The van der Waals surface area contributed by atoms with Crippen LogP contribution >= 0.6 is 0 Å². The van der Waals surface area contributed by atoms with Crippen LogP contribution in [0.15, 0.2) is 48.5 Å². The van der Waals surface area contributed by atoms with E-state index in [4.69, 9.17) is 0 Å². The number of hydrogen-bond donors (Lipinski definition) is 2. The first-order chi connectivity index (χ1) is 12.8. The van der Waals surface area contributed by atoms with Gasteiger partial charge in [0.15, 0.2) is 0 Å². The highest BCUT2D eigenvalue weighted by Crippen LogP contribution is 2.23. The van der Waals surface area contributed by atoms with Gasteiger partial charge in [0, 0.05) is 63.0 Å². The molecule has 0 unspecified atom stereocenters. The Morgan fingerprint density at radius 2 is 1.30 bits per heavy atom. The Balaban J connectivity index is 1.60. The van der Waals surface area contributed by atoms with E-state index in [2.05, 4.69) is 51.2 Å². The molecule has 0 aliphatic carbocycles. The molecule has 2 aromatic rings. The van der Waals surface area contributed by atoms with Gasteiger partial charge in [0.25, 0.3) is 0 Å². The lowest BCUT2D eigenvalue weighted by atomic mass is 10.2. The van der Waals surface area contributed by atoms with E-state index in [0.29, 0.717) is 5.69 Å². The topological polar surface area (TPSA) is 67.9 Å². The van der Waals surface area contributed by atoms with E-state index in [-0.39, 0.29) is 0 Å². The minimum atomic E-state index is -3.49. The van der Waals surface area contributed by atoms with Crippen molar-refractivity contribution in [2.24, 2.45) is 0 Å². The van der Waals surface area contributed by atoms with Crippen LogP contribution in [0.5, 0.6) is 0 Å². The molecule has 1 aliphatic rings. The summed E-state index contributed by atoms with van der Waals surface area (Å²) in [6.45, 7) is 4.27. The zero-order valence-corrected chi connectivity index (χ0v) is 16.8. The predicted octanol–water partition coefficient (Wildman–Crippen LogP) is 2.40. The van der Waals surface area contributed by atoms with Gasteiger partial charge in [0.2, 0.25) is 0 Å². The van der Waals surface area contributed by atoms with Crippen molar-refractivity contribution in [3.8, 4) is 0 Å². The maximum atomic E-state index is 11.8. The highest BCUT2D eigenvalue weighted by atomic mass is 32.2. The molecular weight excluding hydrogens is 362 g/mol. The Morgan fingerprint density at radius 1 is 0.815 bits per heavy atom. The Kier molecular flexibility index (Phi) is 5.88. The first-order valence-electron chi connectivity index (χ1n) is 8.94. The third-order valence-corrected chi connectivity index (χ3v) is 6.09. The summed E-state index contributed by atoms with van der Waals surface area (Å²) in [6, 6.07) is 15.6. The number of benzene rings is 2. The summed E-state index contributed by atoms with van der Waals surface area (Å²) in [5, 5.41) is 3.34. The average Bonchev–Trinajstić information content (AvgIpc) is 2.64. The smallest absolute Gasteiger partial charge is 0.301 e. The molecule has 7 nitrogen and oxygen atoms in total. The Labute approximate surface area is 161 Å². The fraction of sp³-hybridized carbons (Fsp3) is 0.368. The molecule has 8 heteroatoms. The van der Waals surface area contributed by atoms with Gasteiger partial charge < -0.3 is 15.1 Å². The Morgan fingerprint density at radius 3 is 1.81 bits per heavy atom. The van der Waals surface area contributed by atoms with E-state index in [1.807, 2.05) is 12.1 Å². The maximum Gasteiger partial charge on any atom is 0.301 e. The molecule has 2 aromatic carbocycles. The zero-order valence-electron chi connectivity index (χ0n) is 16.0. The van der Waals surface area contributed by atoms with Crippen molar-refractivity contribution in [2.75, 3.05) is 62.3 Å². The van der Waals surface area contributed by atoms with Gasteiger partial charge >= 0.3 is 10.2 Å². The first-order valence-corrected chi connectivity index (χ1v) is 10.4. The highest BCUT2D eigenvalue weighted by molar-refractivity contribution is 7.90. The highest BCUT2D eigenvalue weighted by Gasteiger charge is 2.14. The number of nitrogens with one attached hydrogen (secondary N) is 2. The second-order valence-electron chi connectivity index (χ2n) is 6.93. The minimum absolute atomic E-state index is 0.527. The number of anilines is 4. The molecule has 0 atom stereocenters. The summed E-state index contributed by atoms with van der Waals surface area (Å²) in [5.74, 6) is 0. The van der Waals surface area contributed by atoms with E-state index < -0.39 is 10.2 Å². The molecule has 2 N–H and O–H groups in total. The van der Waals surface area contributed by atoms with E-state index >= 15 is 0 Å². The zero-order chi connectivity index (χ0) is 19.4. The molecule has 3 rings (SSSR count). The number of piperazine rings is 1. The van der Waals surface area contributed by atoms with Gasteiger partial charge in [-0.05, 0) is 55.6 Å². The van der Waals surface area contributed by atoms with Crippen molar-refractivity contribution in [1.82, 2.24) is 9.21 Å². The summed E-state index contributed by atoms with van der Waals surface area (Å²) in [6.07, 6.45) is 0. The van der Waals surface area contributed by atoms with E-state index in [0.717, 1.165) is 41.9 Å². The Hall–Kier alpha value is -2.29. The first kappa shape index (κ1) is 19.5. The number of hydrogen-bond acceptors (Lipinski definition) is 5. The molecule has 1 saturated heterocycles. The lowest BCUT2D eigenvalue weighted by molar-refractivity contribution is 0.313. The molecule has 1 heterocycles. The van der Waals surface area contributed by atoms with Crippen LogP contribution in [-0.4, -0.2) is 64.9 Å². The number of likely N-dealkylation sites (N-methyl/N-ethyl adjacent to an activating group) is 1. The summed E-state index contributed by atoms with van der Waals surface area (Å²) in [4.78, 5) is 4.74. The average molecular weight is 390 g/mol. The lowest BCUT2D eigenvalue weighted by Gasteiger charge is -2.34. The number of rotatable bonds is 6. The molecule has 0 amide bonds. The van der Waals surface area contributed by atoms with Gasteiger partial charge in [0.1, 0.15) is 0 Å². The molecule has 0 aromatic heterocycles. The van der Waals surface area contributed by atoms with Crippen molar-refractivity contribution in [3.05, 3.63) is 48.5 Å². The van der Waals surface area contributed by atoms with E-state index in [1.54, 1.807) is 12.1 Å². The maximum absolute atomic E-state index is 11.8. The van der Waals surface area contributed by atoms with Crippen LogP contribution in [0.25, 0.3) is 0 Å². The standard InChI is InChI=1S/C19H27N5O2S/c1-22(2)27(25,26)21-18-6-4-16(5-7-18)20-17-8-10-19(11-9-17)24-14-12-23(3)13-15-24/h4-11,20-21H,12-15H2,1-3H3. The van der Waals surface area contributed by atoms with Crippen LogP contribution in [0.4, 0.5) is 22.7 Å². The fourth-order valence-corrected chi connectivity index (χ4v) is 3.47. The quantitative estimate of drug-likeness (QED) is 0.794. The summed E-state index contributed by atoms with van der Waals surface area (Å²) >= 11 is 0. The Bertz CT molecular complexity index is 843. The van der Waals surface area contributed by atoms with Crippen LogP contribution in [0.2, 0.25) is 0 Å². The molecule has 146 valence electrons. The normalized spacial score (nSPS) is 15.8. The van der Waals surface area contributed by atoms with Gasteiger partial charge in [-0.2, -0.15) is 12.7 Å². The third kappa shape index (κ3) is 5.12. The van der Waals surface area contributed by atoms with Crippen LogP contribution < -0.4 is 14.9 Å². The second kappa shape index (κ2) is 8.16. The number of nitrogens with zero attached hydrogens (tertiary/aromatic N) is 3. The molecule has 0 bridgehead atoms. The van der Waals surface area contributed by atoms with Gasteiger partial charge in [-0.3, -0.25) is 4.72 Å². The second-order valence-corrected chi connectivity index (χ2v) is 8.81. The lowest BCUT2D eigenvalue weighted by Crippen LogP contribution is -2.44. The fourth-order valence-electron chi connectivity index (χ4n) is 2.85. The molecule has 0 saturated carbocycles. The van der Waals surface area contributed by atoms with E-state index in [1.165, 1.54) is 19.8 Å². The molecule has 1 aliphatic heterocycles. The summed E-state index contributed by atoms with van der Waals surface area (Å²) in [7, 11) is 1.65. The van der Waals surface area contributed by atoms with Gasteiger partial charge in [-0.15, -0.1) is 0 Å². The van der Waals surface area contributed by atoms with Crippen LogP contribution in [0, 0.1) is 0 Å². The van der Waals surface area contributed by atoms with Crippen molar-refractivity contribution in [2.45, 2.75) is 0 Å². The SMILES string of the molecule is CN1CCN(c2ccc(Nc3ccc(NS(=O)(=O)N(C)C)cc3)cc2)CC1.